The van der Waals surface area contributed by atoms with Crippen LogP contribution in [0.3, 0.4) is 0 Å². The van der Waals surface area contributed by atoms with Crippen LogP contribution in [0.4, 0.5) is 0 Å². The van der Waals surface area contributed by atoms with Crippen LogP contribution >= 0.6 is 0 Å². The smallest absolute Gasteiger partial charge is 0.255 e. The van der Waals surface area contributed by atoms with E-state index in [0.29, 0.717) is 24.6 Å². The van der Waals surface area contributed by atoms with Crippen molar-refractivity contribution in [3.8, 4) is 5.75 Å². The van der Waals surface area contributed by atoms with E-state index in [4.69, 9.17) is 0 Å². The summed E-state index contributed by atoms with van der Waals surface area (Å²) in [6.45, 7) is 7.45. The molecule has 0 saturated heterocycles. The molecule has 1 amide bonds. The van der Waals surface area contributed by atoms with Gasteiger partial charge in [0, 0.05) is 19.3 Å². The van der Waals surface area contributed by atoms with E-state index >= 15 is 0 Å². The first-order chi connectivity index (χ1) is 7.54. The molecular formula is C12H18N2O2. The number of aromatic hydroxyl groups is 1. The molecule has 88 valence electrons. The van der Waals surface area contributed by atoms with Gasteiger partial charge in [-0.05, 0) is 18.9 Å². The summed E-state index contributed by atoms with van der Waals surface area (Å²) in [5.41, 5.74) is 0.433. The van der Waals surface area contributed by atoms with Gasteiger partial charge in [-0.3, -0.25) is 9.78 Å². The third kappa shape index (κ3) is 3.22. The number of hydrogen-bond acceptors (Lipinski definition) is 3. The molecule has 0 aliphatic heterocycles. The lowest BCUT2D eigenvalue weighted by Gasteiger charge is -2.22. The van der Waals surface area contributed by atoms with E-state index < -0.39 is 0 Å². The van der Waals surface area contributed by atoms with Crippen molar-refractivity contribution in [2.24, 2.45) is 5.92 Å². The summed E-state index contributed by atoms with van der Waals surface area (Å²) in [6, 6.07) is 1.44. The molecule has 0 aromatic carbocycles. The first kappa shape index (κ1) is 12.5. The zero-order valence-corrected chi connectivity index (χ0v) is 9.97. The molecule has 0 spiro atoms. The average molecular weight is 222 g/mol. The zero-order chi connectivity index (χ0) is 12.1. The summed E-state index contributed by atoms with van der Waals surface area (Å²) in [5.74, 6) is 0.361. The van der Waals surface area contributed by atoms with Crippen molar-refractivity contribution in [2.75, 3.05) is 13.1 Å². The maximum absolute atomic E-state index is 12.0. The number of amides is 1. The Balaban J connectivity index is 2.82. The lowest BCUT2D eigenvalue weighted by molar-refractivity contribution is 0.0745. The maximum atomic E-state index is 12.0. The fraction of sp³-hybridized carbons (Fsp3) is 0.500. The van der Waals surface area contributed by atoms with Gasteiger partial charge in [-0.15, -0.1) is 0 Å². The Kier molecular flexibility index (Phi) is 4.28. The quantitative estimate of drug-likeness (QED) is 0.846. The van der Waals surface area contributed by atoms with Crippen molar-refractivity contribution in [1.29, 1.82) is 0 Å². The Morgan fingerprint density at radius 1 is 1.50 bits per heavy atom. The highest BCUT2D eigenvalue weighted by Gasteiger charge is 2.15. The molecule has 0 atom stereocenters. The minimum absolute atomic E-state index is 0.0199. The Bertz CT molecular complexity index is 364. The Hall–Kier alpha value is -1.58. The second kappa shape index (κ2) is 5.49. The van der Waals surface area contributed by atoms with Gasteiger partial charge in [-0.25, -0.2) is 0 Å². The SMILES string of the molecule is CCN(CC(C)C)C(=O)c1cncc(O)c1. The standard InChI is InChI=1S/C12H18N2O2/c1-4-14(8-9(2)3)12(16)10-5-11(15)7-13-6-10/h5-7,9,15H,4,8H2,1-3H3. The minimum Gasteiger partial charge on any atom is -0.506 e. The molecular weight excluding hydrogens is 204 g/mol. The molecule has 4 nitrogen and oxygen atoms in total. The van der Waals surface area contributed by atoms with Gasteiger partial charge >= 0.3 is 0 Å². The summed E-state index contributed by atoms with van der Waals surface area (Å²) in [5, 5.41) is 9.27. The normalized spacial score (nSPS) is 10.5. The van der Waals surface area contributed by atoms with Crippen LogP contribution in [0.5, 0.6) is 5.75 Å². The number of rotatable bonds is 4. The van der Waals surface area contributed by atoms with Gasteiger partial charge in [0.25, 0.3) is 5.91 Å². The van der Waals surface area contributed by atoms with E-state index in [1.165, 1.54) is 18.5 Å². The van der Waals surface area contributed by atoms with Gasteiger partial charge in [0.2, 0.25) is 0 Å². The van der Waals surface area contributed by atoms with Gasteiger partial charge in [-0.1, -0.05) is 13.8 Å². The highest BCUT2D eigenvalue weighted by atomic mass is 16.3. The number of aromatic nitrogens is 1. The number of nitrogens with zero attached hydrogens (tertiary/aromatic N) is 2. The molecule has 1 rings (SSSR count). The summed E-state index contributed by atoms with van der Waals surface area (Å²) in [7, 11) is 0. The summed E-state index contributed by atoms with van der Waals surface area (Å²) >= 11 is 0. The zero-order valence-electron chi connectivity index (χ0n) is 9.97. The van der Waals surface area contributed by atoms with Gasteiger partial charge < -0.3 is 10.0 Å². The first-order valence-corrected chi connectivity index (χ1v) is 5.47. The van der Waals surface area contributed by atoms with Crippen LogP contribution in [-0.2, 0) is 0 Å². The Morgan fingerprint density at radius 2 is 2.19 bits per heavy atom. The molecule has 0 unspecified atom stereocenters. The summed E-state index contributed by atoms with van der Waals surface area (Å²) in [4.78, 5) is 17.6. The number of carbonyl (C=O) groups excluding carboxylic acids is 1. The Morgan fingerprint density at radius 3 is 2.69 bits per heavy atom. The van der Waals surface area contributed by atoms with Crippen molar-refractivity contribution in [1.82, 2.24) is 9.88 Å². The average Bonchev–Trinajstić information content (AvgIpc) is 2.24. The molecule has 1 aromatic heterocycles. The molecule has 0 saturated carbocycles. The first-order valence-electron chi connectivity index (χ1n) is 5.47. The fourth-order valence-electron chi connectivity index (χ4n) is 1.52. The molecule has 0 fully saturated rings. The van der Waals surface area contributed by atoms with E-state index in [0.717, 1.165) is 0 Å². The predicted molar refractivity (Wildman–Crippen MR) is 62.3 cm³/mol. The lowest BCUT2D eigenvalue weighted by Crippen LogP contribution is -2.34. The molecule has 0 bridgehead atoms. The van der Waals surface area contributed by atoms with Crippen molar-refractivity contribution in [3.05, 3.63) is 24.0 Å². The van der Waals surface area contributed by atoms with Gasteiger partial charge in [0.05, 0.1) is 11.8 Å². The lowest BCUT2D eigenvalue weighted by atomic mass is 10.2. The van der Waals surface area contributed by atoms with E-state index in [9.17, 15) is 9.90 Å². The molecule has 1 aromatic rings. The van der Waals surface area contributed by atoms with Crippen molar-refractivity contribution < 1.29 is 9.90 Å². The highest BCUT2D eigenvalue weighted by molar-refractivity contribution is 5.94. The molecule has 4 heteroatoms. The predicted octanol–water partition coefficient (Wildman–Crippen LogP) is 1.91. The molecule has 0 aliphatic carbocycles. The molecule has 1 heterocycles. The summed E-state index contributed by atoms with van der Waals surface area (Å²) < 4.78 is 0. The van der Waals surface area contributed by atoms with Gasteiger partial charge in [0.1, 0.15) is 5.75 Å². The molecule has 0 radical (unpaired) electrons. The second-order valence-electron chi connectivity index (χ2n) is 4.17. The number of pyridine rings is 1. The van der Waals surface area contributed by atoms with E-state index in [2.05, 4.69) is 18.8 Å². The van der Waals surface area contributed by atoms with Crippen LogP contribution in [0.15, 0.2) is 18.5 Å². The van der Waals surface area contributed by atoms with E-state index in [1.807, 2.05) is 6.92 Å². The molecule has 1 N–H and O–H groups in total. The highest BCUT2D eigenvalue weighted by Crippen LogP contribution is 2.12. The molecule has 16 heavy (non-hydrogen) atoms. The van der Waals surface area contributed by atoms with Crippen LogP contribution in [0.25, 0.3) is 0 Å². The monoisotopic (exact) mass is 222 g/mol. The fourth-order valence-corrected chi connectivity index (χ4v) is 1.52. The van der Waals surface area contributed by atoms with Crippen LogP contribution in [0, 0.1) is 5.92 Å². The Labute approximate surface area is 95.9 Å². The molecule has 0 aliphatic rings. The number of hydrogen-bond donors (Lipinski definition) is 1. The van der Waals surface area contributed by atoms with Crippen molar-refractivity contribution >= 4 is 5.91 Å². The van der Waals surface area contributed by atoms with E-state index in [1.54, 1.807) is 4.90 Å². The van der Waals surface area contributed by atoms with Crippen molar-refractivity contribution in [2.45, 2.75) is 20.8 Å². The van der Waals surface area contributed by atoms with Crippen molar-refractivity contribution in [3.63, 3.8) is 0 Å². The third-order valence-corrected chi connectivity index (χ3v) is 2.23. The summed E-state index contributed by atoms with van der Waals surface area (Å²) in [6.07, 6.45) is 2.79. The van der Waals surface area contributed by atoms with Crippen LogP contribution in [0.1, 0.15) is 31.1 Å². The van der Waals surface area contributed by atoms with Crippen LogP contribution < -0.4 is 0 Å². The number of carbonyl (C=O) groups is 1. The van der Waals surface area contributed by atoms with Gasteiger partial charge in [0.15, 0.2) is 0 Å². The topological polar surface area (TPSA) is 53.4 Å². The maximum Gasteiger partial charge on any atom is 0.255 e. The van der Waals surface area contributed by atoms with Crippen LogP contribution in [-0.4, -0.2) is 34.0 Å². The van der Waals surface area contributed by atoms with E-state index in [-0.39, 0.29) is 11.7 Å². The van der Waals surface area contributed by atoms with Gasteiger partial charge in [-0.2, -0.15) is 0 Å². The van der Waals surface area contributed by atoms with Crippen LogP contribution in [0.2, 0.25) is 0 Å². The third-order valence-electron chi connectivity index (χ3n) is 2.23. The largest absolute Gasteiger partial charge is 0.506 e. The second-order valence-corrected chi connectivity index (χ2v) is 4.17. The minimum atomic E-state index is -0.0837.